The number of allylic oxidation sites excluding steroid dienone is 2. The second-order valence-electron chi connectivity index (χ2n) is 19.5. The van der Waals surface area contributed by atoms with Gasteiger partial charge >= 0.3 is 5.97 Å². The SMILES string of the molecule is C=C1C[C@H]2C/C=C\C(=O)O[C@H]3[C@@H](C)[C@H](C/C=C/c4nc(co4)[C@@H]4C[C@@H](O)C[C@H](C[C@H](C1)O2)O4)O[C@H](/C(C)=C/c1coc(C[C@]2(O)C[C@H](OC)C[C@H]([C@@H](O)/C=C(C)/C=C/[C@@H](C/C=C/Br)OC)O2)n1)[C@H]3C. The largest absolute Gasteiger partial charge is 0.458 e. The van der Waals surface area contributed by atoms with Gasteiger partial charge in [0.1, 0.15) is 36.1 Å². The fraction of sp³-hybridized carbons (Fsp3) is 0.604. The highest BCUT2D eigenvalue weighted by atomic mass is 79.9. The van der Waals surface area contributed by atoms with E-state index in [4.69, 9.17) is 52.0 Å². The van der Waals surface area contributed by atoms with Crippen LogP contribution < -0.4 is 0 Å². The molecule has 7 rings (SSSR count). The summed E-state index contributed by atoms with van der Waals surface area (Å²) in [7, 11) is 3.22. The lowest BCUT2D eigenvalue weighted by Crippen LogP contribution is -2.51. The number of rotatable bonds is 12. The van der Waals surface area contributed by atoms with Crippen LogP contribution in [0.3, 0.4) is 0 Å². The van der Waals surface area contributed by atoms with Crippen molar-refractivity contribution in [3.63, 3.8) is 0 Å². The zero-order valence-electron chi connectivity index (χ0n) is 40.7. The van der Waals surface area contributed by atoms with Crippen LogP contribution in [0.4, 0.5) is 0 Å². The summed E-state index contributed by atoms with van der Waals surface area (Å²) < 4.78 is 55.2. The van der Waals surface area contributed by atoms with Gasteiger partial charge in [0.2, 0.25) is 5.89 Å². The second kappa shape index (κ2) is 24.5. The Kier molecular flexibility index (Phi) is 18.9. The molecule has 69 heavy (non-hydrogen) atoms. The summed E-state index contributed by atoms with van der Waals surface area (Å²) in [6.07, 6.45) is 19.5. The lowest BCUT2D eigenvalue weighted by molar-refractivity contribution is -0.286. The van der Waals surface area contributed by atoms with Crippen LogP contribution in [0.15, 0.2) is 92.2 Å². The molecule has 15 atom stereocenters. The molecule has 3 N–H and O–H groups in total. The third-order valence-electron chi connectivity index (χ3n) is 13.9. The molecule has 378 valence electrons. The first-order valence-electron chi connectivity index (χ1n) is 24.3. The van der Waals surface area contributed by atoms with Crippen LogP contribution in [0.2, 0.25) is 0 Å². The molecule has 0 radical (unpaired) electrons. The maximum Gasteiger partial charge on any atom is 0.330 e. The molecule has 0 aliphatic carbocycles. The Morgan fingerprint density at radius 2 is 1.78 bits per heavy atom. The van der Waals surface area contributed by atoms with Crippen LogP contribution in [0, 0.1) is 11.8 Å². The molecule has 0 spiro atoms. The molecule has 0 aromatic carbocycles. The van der Waals surface area contributed by atoms with Crippen LogP contribution in [-0.4, -0.2) is 118 Å². The van der Waals surface area contributed by atoms with Gasteiger partial charge in [-0.3, -0.25) is 0 Å². The number of methoxy groups -OCH3 is 2. The van der Waals surface area contributed by atoms with Gasteiger partial charge in [-0.15, -0.1) is 0 Å². The third-order valence-corrected chi connectivity index (χ3v) is 14.2. The monoisotopic (exact) mass is 1020 g/mol. The number of carbonyl (C=O) groups is 1. The van der Waals surface area contributed by atoms with Crippen molar-refractivity contribution in [1.82, 2.24) is 9.97 Å². The number of fused-ring (bicyclic) bond motifs is 9. The summed E-state index contributed by atoms with van der Waals surface area (Å²) >= 11 is 3.28. The van der Waals surface area contributed by atoms with Gasteiger partial charge in [-0.1, -0.05) is 84.0 Å². The first kappa shape index (κ1) is 53.0. The summed E-state index contributed by atoms with van der Waals surface area (Å²) in [5.41, 5.74) is 3.86. The van der Waals surface area contributed by atoms with Gasteiger partial charge in [-0.2, -0.15) is 0 Å². The van der Waals surface area contributed by atoms with Gasteiger partial charge in [-0.25, -0.2) is 14.8 Å². The number of aliphatic hydroxyl groups is 3. The second-order valence-corrected chi connectivity index (χ2v) is 20.0. The van der Waals surface area contributed by atoms with Crippen LogP contribution in [0.1, 0.15) is 121 Å². The average molecular weight is 1020 g/mol. The number of hydrogen-bond acceptors (Lipinski definition) is 15. The molecule has 0 saturated carbocycles. The van der Waals surface area contributed by atoms with Gasteiger partial charge in [0.15, 0.2) is 11.7 Å². The molecule has 0 unspecified atom stereocenters. The van der Waals surface area contributed by atoms with E-state index in [2.05, 4.69) is 22.5 Å². The number of hydrogen-bond donors (Lipinski definition) is 3. The standard InChI is InChI=1S/C53H71BrN2O13/c1-31(16-17-38(61-6)12-10-18-54)21-44(58)47-26-42(62-7)27-53(60,69-47)28-49-55-36(29-63-49)22-33(3)51-35(5)52-34(4)45(67-51)13-9-14-48-56-43(30-64-48)46-24-37(57)23-41(66-46)25-40-20-32(2)19-39(65-40)11-8-15-50(59)68-52/h8-10,14-18,21-22,29-30,34-35,37-42,44-47,51-52,57-58,60H,2,11-13,19-20,23-28H2,1,3-7H3/b14-9+,15-8-,17-16+,18-10+,31-21+,33-22+/t34-,35+,37-,38+,39+,40-,41+,42+,44-,45-,46-,47+,51+,52-,53-/m0/s1. The Morgan fingerprint density at radius 3 is 2.57 bits per heavy atom. The lowest BCUT2D eigenvalue weighted by atomic mass is 9.79. The number of carbonyl (C=O) groups excluding carboxylic acids is 1. The van der Waals surface area contributed by atoms with Gasteiger partial charge in [0, 0.05) is 57.8 Å². The zero-order chi connectivity index (χ0) is 49.2. The van der Waals surface area contributed by atoms with Crippen LogP contribution in [0.5, 0.6) is 0 Å². The zero-order valence-corrected chi connectivity index (χ0v) is 42.3. The van der Waals surface area contributed by atoms with Crippen molar-refractivity contribution in [2.24, 2.45) is 11.8 Å². The van der Waals surface area contributed by atoms with Crippen molar-refractivity contribution < 1.29 is 62.1 Å². The normalized spacial score (nSPS) is 36.1. The third kappa shape index (κ3) is 14.6. The van der Waals surface area contributed by atoms with E-state index in [-0.39, 0.29) is 67.2 Å². The molecule has 8 bridgehead atoms. The molecule has 16 heteroatoms. The van der Waals surface area contributed by atoms with Crippen molar-refractivity contribution in [3.8, 4) is 0 Å². The average Bonchev–Trinajstić information content (AvgIpc) is 3.96. The van der Waals surface area contributed by atoms with E-state index in [9.17, 15) is 20.1 Å². The number of aromatic nitrogens is 2. The number of nitrogens with zero attached hydrogens (tertiary/aromatic N) is 2. The maximum absolute atomic E-state index is 13.6. The fourth-order valence-corrected chi connectivity index (χ4v) is 10.6. The molecule has 4 saturated heterocycles. The molecule has 4 fully saturated rings. The van der Waals surface area contributed by atoms with E-state index in [1.54, 1.807) is 37.6 Å². The summed E-state index contributed by atoms with van der Waals surface area (Å²) in [4.78, 5) is 24.8. The first-order chi connectivity index (χ1) is 33.1. The molecule has 15 nitrogen and oxygen atoms in total. The van der Waals surface area contributed by atoms with Gasteiger partial charge in [-0.05, 0) is 75.1 Å². The van der Waals surface area contributed by atoms with Crippen molar-refractivity contribution in [1.29, 1.82) is 0 Å². The minimum atomic E-state index is -1.73. The Balaban J connectivity index is 1.06. The van der Waals surface area contributed by atoms with Crippen LogP contribution in [0.25, 0.3) is 12.2 Å². The summed E-state index contributed by atoms with van der Waals surface area (Å²) in [5.74, 6) is -1.95. The molecule has 7 heterocycles. The topological polar surface area (TPSA) is 194 Å². The highest BCUT2D eigenvalue weighted by Crippen LogP contribution is 2.40. The smallest absolute Gasteiger partial charge is 0.330 e. The van der Waals surface area contributed by atoms with Gasteiger partial charge < -0.3 is 57.3 Å². The predicted octanol–water partition coefficient (Wildman–Crippen LogP) is 8.76. The summed E-state index contributed by atoms with van der Waals surface area (Å²) in [6.45, 7) is 12.2. The Bertz CT molecular complexity index is 2210. The summed E-state index contributed by atoms with van der Waals surface area (Å²) in [6, 6.07) is 0. The minimum absolute atomic E-state index is 0.0830. The first-order valence-corrected chi connectivity index (χ1v) is 25.2. The van der Waals surface area contributed by atoms with E-state index >= 15 is 0 Å². The van der Waals surface area contributed by atoms with E-state index in [1.807, 2.05) is 64.2 Å². The van der Waals surface area contributed by atoms with E-state index < -0.39 is 48.4 Å². The molecular formula is C53H71BrN2O13. The molecule has 2 aromatic heterocycles. The number of ether oxygens (including phenoxy) is 7. The van der Waals surface area contributed by atoms with E-state index in [1.165, 1.54) is 12.3 Å². The Labute approximate surface area is 414 Å². The van der Waals surface area contributed by atoms with Gasteiger partial charge in [0.05, 0.1) is 67.5 Å². The number of esters is 1. The quantitative estimate of drug-likeness (QED) is 0.104. The molecule has 5 aliphatic heterocycles. The maximum atomic E-state index is 13.6. The van der Waals surface area contributed by atoms with Gasteiger partial charge in [0.25, 0.3) is 0 Å². The van der Waals surface area contributed by atoms with Crippen molar-refractivity contribution in [2.45, 2.75) is 177 Å². The number of halogens is 1. The highest BCUT2D eigenvalue weighted by molar-refractivity contribution is 9.11. The van der Waals surface area contributed by atoms with Crippen molar-refractivity contribution in [3.05, 3.63) is 107 Å². The minimum Gasteiger partial charge on any atom is -0.458 e. The molecular weight excluding hydrogens is 952 g/mol. The number of oxazole rings is 2. The van der Waals surface area contributed by atoms with Crippen LogP contribution in [-0.2, 0) is 44.4 Å². The van der Waals surface area contributed by atoms with Crippen molar-refractivity contribution in [2.75, 3.05) is 14.2 Å². The molecule has 0 amide bonds. The molecule has 2 aromatic rings. The van der Waals surface area contributed by atoms with Crippen molar-refractivity contribution >= 4 is 34.1 Å². The lowest BCUT2D eigenvalue weighted by Gasteiger charge is -2.44. The number of aliphatic hydroxyl groups excluding tert-OH is 2. The Hall–Kier alpha value is -3.81. The van der Waals surface area contributed by atoms with Crippen LogP contribution >= 0.6 is 15.9 Å². The highest BCUT2D eigenvalue weighted by Gasteiger charge is 2.45. The molecule has 5 aliphatic rings. The van der Waals surface area contributed by atoms with E-state index in [0.29, 0.717) is 75.1 Å². The predicted molar refractivity (Wildman–Crippen MR) is 261 cm³/mol. The fourth-order valence-electron chi connectivity index (χ4n) is 10.4. The summed E-state index contributed by atoms with van der Waals surface area (Å²) in [5, 5.41) is 33.9. The van der Waals surface area contributed by atoms with E-state index in [0.717, 1.165) is 16.7 Å². The Morgan fingerprint density at radius 1 is 0.986 bits per heavy atom.